The minimum atomic E-state index is -4.31. The van der Waals surface area contributed by atoms with Gasteiger partial charge in [-0.1, -0.05) is 0 Å². The van der Waals surface area contributed by atoms with Crippen LogP contribution in [0.15, 0.2) is 5.10 Å². The van der Waals surface area contributed by atoms with E-state index < -0.39 is 12.2 Å². The zero-order chi connectivity index (χ0) is 13.5. The predicted octanol–water partition coefficient (Wildman–Crippen LogP) is -0.345. The lowest BCUT2D eigenvalue weighted by Gasteiger charge is -2.44. The summed E-state index contributed by atoms with van der Waals surface area (Å²) >= 11 is 0. The van der Waals surface area contributed by atoms with Crippen LogP contribution in [0.25, 0.3) is 0 Å². The molecular weight excluding hydrogens is 263 g/mol. The molecule has 3 aliphatic heterocycles. The molecule has 0 radical (unpaired) electrons. The number of ether oxygens (including phenoxy) is 1. The van der Waals surface area contributed by atoms with Crippen LogP contribution < -0.4 is 5.32 Å². The van der Waals surface area contributed by atoms with Crippen LogP contribution in [0.1, 0.15) is 0 Å². The molecule has 0 aromatic rings. The number of halogens is 3. The first-order valence-corrected chi connectivity index (χ1v) is 6.28. The number of nitrogens with zero attached hydrogens (tertiary/aromatic N) is 4. The number of hydrazone groups is 1. The van der Waals surface area contributed by atoms with E-state index in [-0.39, 0.29) is 19.3 Å². The van der Waals surface area contributed by atoms with Crippen LogP contribution in [0.4, 0.5) is 13.2 Å². The van der Waals surface area contributed by atoms with Gasteiger partial charge in [0, 0.05) is 26.2 Å². The van der Waals surface area contributed by atoms with Gasteiger partial charge in [-0.15, -0.1) is 5.10 Å². The molecule has 2 saturated heterocycles. The highest BCUT2D eigenvalue weighted by atomic mass is 19.4. The summed E-state index contributed by atoms with van der Waals surface area (Å²) in [6.45, 7) is 2.33. The van der Waals surface area contributed by atoms with Crippen molar-refractivity contribution in [2.24, 2.45) is 5.10 Å². The zero-order valence-electron chi connectivity index (χ0n) is 10.3. The maximum Gasteiger partial charge on any atom is 0.408 e. The van der Waals surface area contributed by atoms with E-state index in [0.717, 1.165) is 13.1 Å². The van der Waals surface area contributed by atoms with E-state index in [2.05, 4.69) is 10.4 Å². The number of nitrogens with one attached hydrogen (secondary N) is 1. The number of piperazine rings is 1. The predicted molar refractivity (Wildman–Crippen MR) is 61.1 cm³/mol. The lowest BCUT2D eigenvalue weighted by Crippen LogP contribution is -2.64. The van der Waals surface area contributed by atoms with Gasteiger partial charge < -0.3 is 15.0 Å². The number of hydrogen-bond acceptors (Lipinski definition) is 6. The second-order valence-corrected chi connectivity index (χ2v) is 4.77. The third-order valence-electron chi connectivity index (χ3n) is 3.58. The molecule has 3 rings (SSSR count). The summed E-state index contributed by atoms with van der Waals surface area (Å²) in [6.07, 6.45) is -2.86. The Labute approximate surface area is 108 Å². The normalized spacial score (nSPS) is 32.8. The fraction of sp³-hybridized carbons (Fsp3) is 0.900. The molecule has 0 spiro atoms. The van der Waals surface area contributed by atoms with Crippen molar-refractivity contribution in [1.82, 2.24) is 20.3 Å². The molecule has 0 amide bonds. The summed E-state index contributed by atoms with van der Waals surface area (Å²) in [5, 5.41) is 10.0. The maximum absolute atomic E-state index is 13.0. The van der Waals surface area contributed by atoms with Gasteiger partial charge in [0.15, 0.2) is 0 Å². The Balaban J connectivity index is 1.77. The number of rotatable bonds is 1. The van der Waals surface area contributed by atoms with Gasteiger partial charge in [0.05, 0.1) is 13.2 Å². The molecule has 3 heterocycles. The van der Waals surface area contributed by atoms with Gasteiger partial charge in [-0.25, -0.2) is 5.12 Å². The van der Waals surface area contributed by atoms with E-state index in [0.29, 0.717) is 13.2 Å². The van der Waals surface area contributed by atoms with E-state index in [1.165, 1.54) is 10.1 Å². The highest BCUT2D eigenvalue weighted by Crippen LogP contribution is 2.30. The number of hydrazine groups is 1. The van der Waals surface area contributed by atoms with Gasteiger partial charge in [-0.3, -0.25) is 0 Å². The molecule has 3 aliphatic rings. The smallest absolute Gasteiger partial charge is 0.378 e. The van der Waals surface area contributed by atoms with Crippen LogP contribution in [0.3, 0.4) is 0 Å². The monoisotopic (exact) mass is 279 g/mol. The summed E-state index contributed by atoms with van der Waals surface area (Å²) in [5.41, 5.74) is 0. The van der Waals surface area contributed by atoms with E-state index >= 15 is 0 Å². The summed E-state index contributed by atoms with van der Waals surface area (Å²) in [4.78, 5) is 1.96. The first-order chi connectivity index (χ1) is 9.07. The van der Waals surface area contributed by atoms with Crippen LogP contribution in [0.2, 0.25) is 0 Å². The first-order valence-electron chi connectivity index (χ1n) is 6.28. The highest BCUT2D eigenvalue weighted by Gasteiger charge is 2.49. The molecule has 0 bridgehead atoms. The van der Waals surface area contributed by atoms with E-state index in [9.17, 15) is 13.2 Å². The minimum Gasteiger partial charge on any atom is -0.378 e. The number of fused-ring (bicyclic) bond motifs is 1. The van der Waals surface area contributed by atoms with E-state index in [1.54, 1.807) is 6.34 Å². The maximum atomic E-state index is 13.0. The van der Waals surface area contributed by atoms with Crippen LogP contribution >= 0.6 is 0 Å². The third-order valence-corrected chi connectivity index (χ3v) is 3.58. The molecule has 2 atom stereocenters. The third kappa shape index (κ3) is 2.37. The highest BCUT2D eigenvalue weighted by molar-refractivity contribution is 5.57. The Morgan fingerprint density at radius 2 is 2.16 bits per heavy atom. The molecule has 0 aromatic heterocycles. The number of morpholine rings is 1. The van der Waals surface area contributed by atoms with Gasteiger partial charge in [0.25, 0.3) is 0 Å². The van der Waals surface area contributed by atoms with Crippen LogP contribution in [0.5, 0.6) is 0 Å². The fourth-order valence-electron chi connectivity index (χ4n) is 2.59. The SMILES string of the molecule is FC(F)(F)C1COCCN1N1N=CN2CCNCC21. The topological polar surface area (TPSA) is 43.3 Å². The average Bonchev–Trinajstić information content (AvgIpc) is 2.81. The van der Waals surface area contributed by atoms with Gasteiger partial charge in [-0.2, -0.15) is 18.2 Å². The van der Waals surface area contributed by atoms with Crippen LogP contribution in [-0.2, 0) is 4.74 Å². The van der Waals surface area contributed by atoms with Crippen molar-refractivity contribution < 1.29 is 17.9 Å². The fourth-order valence-corrected chi connectivity index (χ4v) is 2.59. The standard InChI is InChI=1S/C10H16F3N5O/c11-10(12,13)8-6-19-4-3-17(8)18-9-5-14-1-2-16(9)7-15-18/h7-9,14H,1-6H2. The molecule has 108 valence electrons. The molecule has 6 nitrogen and oxygen atoms in total. The number of hydrogen-bond donors (Lipinski definition) is 1. The number of alkyl halides is 3. The Morgan fingerprint density at radius 3 is 2.95 bits per heavy atom. The second kappa shape index (κ2) is 4.80. The van der Waals surface area contributed by atoms with Crippen molar-refractivity contribution in [1.29, 1.82) is 0 Å². The molecule has 0 saturated carbocycles. The van der Waals surface area contributed by atoms with Gasteiger partial charge in [0.2, 0.25) is 0 Å². The van der Waals surface area contributed by atoms with Crippen LogP contribution in [-0.4, -0.2) is 79.1 Å². The van der Waals surface area contributed by atoms with E-state index in [4.69, 9.17) is 4.74 Å². The molecule has 9 heteroatoms. The zero-order valence-corrected chi connectivity index (χ0v) is 10.3. The second-order valence-electron chi connectivity index (χ2n) is 4.77. The van der Waals surface area contributed by atoms with Crippen molar-refractivity contribution in [3.8, 4) is 0 Å². The Hall–Kier alpha value is -1.06. The van der Waals surface area contributed by atoms with Gasteiger partial charge in [-0.05, 0) is 0 Å². The van der Waals surface area contributed by atoms with Crippen LogP contribution in [0, 0.1) is 0 Å². The molecule has 1 N–H and O–H groups in total. The average molecular weight is 279 g/mol. The van der Waals surface area contributed by atoms with Crippen molar-refractivity contribution >= 4 is 6.34 Å². The Kier molecular flexibility index (Phi) is 3.27. The summed E-state index contributed by atoms with van der Waals surface area (Å²) < 4.78 is 44.1. The van der Waals surface area contributed by atoms with Crippen molar-refractivity contribution in [3.63, 3.8) is 0 Å². The molecule has 2 fully saturated rings. The summed E-state index contributed by atoms with van der Waals surface area (Å²) in [7, 11) is 0. The lowest BCUT2D eigenvalue weighted by molar-refractivity contribution is -0.263. The molecule has 19 heavy (non-hydrogen) atoms. The van der Waals surface area contributed by atoms with Crippen molar-refractivity contribution in [2.45, 2.75) is 18.4 Å². The largest absolute Gasteiger partial charge is 0.408 e. The molecular formula is C10H16F3N5O. The van der Waals surface area contributed by atoms with Gasteiger partial charge in [0.1, 0.15) is 18.5 Å². The van der Waals surface area contributed by atoms with Gasteiger partial charge >= 0.3 is 6.18 Å². The summed E-state index contributed by atoms with van der Waals surface area (Å²) in [5.74, 6) is 0. The Morgan fingerprint density at radius 1 is 1.32 bits per heavy atom. The molecule has 0 aliphatic carbocycles. The summed E-state index contributed by atoms with van der Waals surface area (Å²) in [6, 6.07) is -1.62. The Bertz CT molecular complexity index is 364. The van der Waals surface area contributed by atoms with Crippen molar-refractivity contribution in [2.75, 3.05) is 39.4 Å². The molecule has 2 unspecified atom stereocenters. The molecule has 0 aromatic carbocycles. The lowest BCUT2D eigenvalue weighted by atomic mass is 10.2. The van der Waals surface area contributed by atoms with E-state index in [1.807, 2.05) is 4.90 Å². The van der Waals surface area contributed by atoms with Crippen molar-refractivity contribution in [3.05, 3.63) is 0 Å². The quantitative estimate of drug-likeness (QED) is 0.711. The minimum absolute atomic E-state index is 0.170. The first kappa shape index (κ1) is 12.9.